The Labute approximate surface area is 166 Å². The van der Waals surface area contributed by atoms with Gasteiger partial charge < -0.3 is 4.74 Å². The number of hydrogen-bond acceptors (Lipinski definition) is 3. The van der Waals surface area contributed by atoms with Crippen LogP contribution in [0.1, 0.15) is 23.1 Å². The standard InChI is InChI=1S/C19H15Cl3N2O2/c1-3-26-19(25)17-11(2)24(14-7-4-12(20)5-8-14)18(23-17)15-9-6-13(21)10-16(15)22/h4-10H,3H2,1-2H3. The van der Waals surface area contributed by atoms with Gasteiger partial charge in [-0.25, -0.2) is 9.78 Å². The maximum atomic E-state index is 12.3. The van der Waals surface area contributed by atoms with Crippen molar-refractivity contribution in [3.8, 4) is 17.1 Å². The average molecular weight is 410 g/mol. The summed E-state index contributed by atoms with van der Waals surface area (Å²) in [6, 6.07) is 12.4. The first-order valence-electron chi connectivity index (χ1n) is 7.90. The Balaban J connectivity index is 2.26. The molecule has 3 rings (SSSR count). The fraction of sp³-hybridized carbons (Fsp3) is 0.158. The zero-order valence-corrected chi connectivity index (χ0v) is 16.4. The first kappa shape index (κ1) is 18.8. The van der Waals surface area contributed by atoms with Crippen molar-refractivity contribution >= 4 is 40.8 Å². The highest BCUT2D eigenvalue weighted by molar-refractivity contribution is 6.36. The number of carbonyl (C=O) groups excluding carboxylic acids is 1. The fourth-order valence-electron chi connectivity index (χ4n) is 2.65. The molecule has 26 heavy (non-hydrogen) atoms. The molecule has 0 aliphatic heterocycles. The largest absolute Gasteiger partial charge is 0.461 e. The molecule has 0 bridgehead atoms. The molecule has 0 aliphatic rings. The number of hydrogen-bond donors (Lipinski definition) is 0. The number of aromatic nitrogens is 2. The van der Waals surface area contributed by atoms with Crippen LogP contribution in [0.4, 0.5) is 0 Å². The third-order valence-corrected chi connectivity index (χ3v) is 4.63. The van der Waals surface area contributed by atoms with E-state index in [1.54, 1.807) is 44.2 Å². The molecule has 3 aromatic rings. The van der Waals surface area contributed by atoms with E-state index in [0.29, 0.717) is 32.1 Å². The molecule has 0 atom stereocenters. The van der Waals surface area contributed by atoms with Crippen molar-refractivity contribution in [2.45, 2.75) is 13.8 Å². The van der Waals surface area contributed by atoms with Crippen molar-refractivity contribution < 1.29 is 9.53 Å². The minimum Gasteiger partial charge on any atom is -0.461 e. The monoisotopic (exact) mass is 408 g/mol. The zero-order valence-electron chi connectivity index (χ0n) is 14.1. The number of nitrogens with zero attached hydrogens (tertiary/aromatic N) is 2. The highest BCUT2D eigenvalue weighted by Gasteiger charge is 2.23. The predicted octanol–water partition coefficient (Wildman–Crippen LogP) is 5.98. The highest BCUT2D eigenvalue weighted by atomic mass is 35.5. The number of imidazole rings is 1. The number of rotatable bonds is 4. The van der Waals surface area contributed by atoms with Gasteiger partial charge in [0.2, 0.25) is 0 Å². The van der Waals surface area contributed by atoms with Crippen molar-refractivity contribution in [3.63, 3.8) is 0 Å². The summed E-state index contributed by atoms with van der Waals surface area (Å²) >= 11 is 18.4. The van der Waals surface area contributed by atoms with Crippen LogP contribution in [0.3, 0.4) is 0 Å². The summed E-state index contributed by atoms with van der Waals surface area (Å²) in [6.45, 7) is 3.82. The van der Waals surface area contributed by atoms with Crippen LogP contribution < -0.4 is 0 Å². The lowest BCUT2D eigenvalue weighted by molar-refractivity contribution is 0.0519. The Kier molecular flexibility index (Phi) is 5.56. The molecule has 4 nitrogen and oxygen atoms in total. The second kappa shape index (κ2) is 7.70. The van der Waals surface area contributed by atoms with Crippen LogP contribution in [0.2, 0.25) is 15.1 Å². The van der Waals surface area contributed by atoms with E-state index in [4.69, 9.17) is 39.5 Å². The molecule has 0 fully saturated rings. The number of halogens is 3. The van der Waals surface area contributed by atoms with Gasteiger partial charge in [0.1, 0.15) is 5.82 Å². The number of carbonyl (C=O) groups is 1. The van der Waals surface area contributed by atoms with Gasteiger partial charge in [-0.3, -0.25) is 4.57 Å². The summed E-state index contributed by atoms with van der Waals surface area (Å²) in [5.74, 6) is 0.0404. The minimum atomic E-state index is -0.482. The van der Waals surface area contributed by atoms with Crippen molar-refractivity contribution in [2.24, 2.45) is 0 Å². The van der Waals surface area contributed by atoms with E-state index < -0.39 is 5.97 Å². The highest BCUT2D eigenvalue weighted by Crippen LogP contribution is 2.33. The average Bonchev–Trinajstić information content (AvgIpc) is 2.93. The van der Waals surface area contributed by atoms with Gasteiger partial charge in [-0.2, -0.15) is 0 Å². The van der Waals surface area contributed by atoms with Gasteiger partial charge >= 0.3 is 5.97 Å². The number of benzene rings is 2. The van der Waals surface area contributed by atoms with Gasteiger partial charge in [-0.15, -0.1) is 0 Å². The molecule has 0 saturated heterocycles. The van der Waals surface area contributed by atoms with E-state index in [9.17, 15) is 4.79 Å². The van der Waals surface area contributed by atoms with E-state index in [-0.39, 0.29) is 12.3 Å². The van der Waals surface area contributed by atoms with Crippen LogP contribution >= 0.6 is 34.8 Å². The number of ether oxygens (including phenoxy) is 1. The van der Waals surface area contributed by atoms with E-state index in [1.165, 1.54) is 0 Å². The molecule has 0 aliphatic carbocycles. The van der Waals surface area contributed by atoms with Gasteiger partial charge in [0.25, 0.3) is 0 Å². The third kappa shape index (κ3) is 3.58. The van der Waals surface area contributed by atoms with Gasteiger partial charge in [0, 0.05) is 21.3 Å². The molecule has 0 spiro atoms. The summed E-state index contributed by atoms with van der Waals surface area (Å²) in [4.78, 5) is 16.8. The molecule has 1 aromatic heterocycles. The Hall–Kier alpha value is -2.01. The summed E-state index contributed by atoms with van der Waals surface area (Å²) < 4.78 is 6.97. The maximum Gasteiger partial charge on any atom is 0.358 e. The van der Waals surface area contributed by atoms with Crippen LogP contribution in [0, 0.1) is 6.92 Å². The van der Waals surface area contributed by atoms with Crippen LogP contribution in [0.15, 0.2) is 42.5 Å². The smallest absolute Gasteiger partial charge is 0.358 e. The second-order valence-electron chi connectivity index (χ2n) is 5.53. The van der Waals surface area contributed by atoms with E-state index in [0.717, 1.165) is 5.69 Å². The SMILES string of the molecule is CCOC(=O)c1nc(-c2ccc(Cl)cc2Cl)n(-c2ccc(Cl)cc2)c1C. The predicted molar refractivity (Wildman–Crippen MR) is 105 cm³/mol. The molecule has 0 radical (unpaired) electrons. The van der Waals surface area contributed by atoms with Crippen LogP contribution in [0.5, 0.6) is 0 Å². The molecule has 1 heterocycles. The second-order valence-corrected chi connectivity index (χ2v) is 6.81. The molecule has 0 amide bonds. The van der Waals surface area contributed by atoms with Crippen molar-refractivity contribution in [1.29, 1.82) is 0 Å². The minimum absolute atomic E-state index is 0.239. The molecular weight excluding hydrogens is 395 g/mol. The van der Waals surface area contributed by atoms with E-state index in [1.807, 2.05) is 16.7 Å². The van der Waals surface area contributed by atoms with Crippen LogP contribution in [-0.4, -0.2) is 22.1 Å². The lowest BCUT2D eigenvalue weighted by atomic mass is 10.2. The summed E-state index contributed by atoms with van der Waals surface area (Å²) in [6.07, 6.45) is 0. The van der Waals surface area contributed by atoms with Crippen molar-refractivity contribution in [3.05, 3.63) is 68.9 Å². The molecule has 134 valence electrons. The first-order chi connectivity index (χ1) is 12.4. The molecule has 0 N–H and O–H groups in total. The zero-order chi connectivity index (χ0) is 18.8. The topological polar surface area (TPSA) is 44.1 Å². The fourth-order valence-corrected chi connectivity index (χ4v) is 3.27. The van der Waals surface area contributed by atoms with Gasteiger partial charge in [-0.05, 0) is 56.3 Å². The first-order valence-corrected chi connectivity index (χ1v) is 9.03. The van der Waals surface area contributed by atoms with Gasteiger partial charge in [0.05, 0.1) is 17.3 Å². The van der Waals surface area contributed by atoms with Gasteiger partial charge in [0.15, 0.2) is 5.69 Å². The summed E-state index contributed by atoms with van der Waals surface area (Å²) in [5, 5.41) is 1.57. The van der Waals surface area contributed by atoms with E-state index >= 15 is 0 Å². The van der Waals surface area contributed by atoms with Crippen molar-refractivity contribution in [2.75, 3.05) is 6.61 Å². The van der Waals surface area contributed by atoms with Crippen LogP contribution in [0.25, 0.3) is 17.1 Å². The number of esters is 1. The maximum absolute atomic E-state index is 12.3. The Morgan fingerprint density at radius 3 is 2.35 bits per heavy atom. The third-order valence-electron chi connectivity index (χ3n) is 3.83. The quantitative estimate of drug-likeness (QED) is 0.497. The molecular formula is C19H15Cl3N2O2. The van der Waals surface area contributed by atoms with Crippen LogP contribution in [-0.2, 0) is 4.74 Å². The van der Waals surface area contributed by atoms with Gasteiger partial charge in [-0.1, -0.05) is 34.8 Å². The Morgan fingerprint density at radius 2 is 1.73 bits per heavy atom. The normalized spacial score (nSPS) is 10.8. The Bertz CT molecular complexity index is 966. The lowest BCUT2D eigenvalue weighted by Gasteiger charge is -2.11. The molecule has 0 unspecified atom stereocenters. The Morgan fingerprint density at radius 1 is 1.08 bits per heavy atom. The summed E-state index contributed by atoms with van der Waals surface area (Å²) in [5.41, 5.74) is 2.34. The lowest BCUT2D eigenvalue weighted by Crippen LogP contribution is -2.07. The molecule has 0 saturated carbocycles. The van der Waals surface area contributed by atoms with E-state index in [2.05, 4.69) is 4.98 Å². The molecule has 7 heteroatoms. The van der Waals surface area contributed by atoms with Crippen molar-refractivity contribution in [1.82, 2.24) is 9.55 Å². The molecule has 2 aromatic carbocycles. The summed E-state index contributed by atoms with van der Waals surface area (Å²) in [7, 11) is 0.